The molecule has 0 radical (unpaired) electrons. The average Bonchev–Trinajstić information content (AvgIpc) is 2.91. The molecule has 0 saturated heterocycles. The largest absolute Gasteiger partial charge is 0.469 e. The highest BCUT2D eigenvalue weighted by atomic mass is 19.4. The number of rotatable bonds is 14. The normalized spacial score (nSPS) is 12.5. The molecule has 19 heteroatoms. The third kappa shape index (κ3) is 25.5. The first kappa shape index (κ1) is 44.3. The summed E-state index contributed by atoms with van der Waals surface area (Å²) < 4.78 is 83.7. The van der Waals surface area contributed by atoms with Gasteiger partial charge in [-0.15, -0.1) is 0 Å². The van der Waals surface area contributed by atoms with Gasteiger partial charge in [0.2, 0.25) is 17.7 Å². The molecule has 3 amide bonds. The van der Waals surface area contributed by atoms with Gasteiger partial charge in [0.25, 0.3) is 0 Å². The van der Waals surface area contributed by atoms with Crippen molar-refractivity contribution in [3.05, 3.63) is 24.3 Å². The molecule has 0 unspecified atom stereocenters. The van der Waals surface area contributed by atoms with Gasteiger partial charge in [-0.3, -0.25) is 28.8 Å². The number of esters is 3. The number of nitrogens with zero attached hydrogens (tertiary/aromatic N) is 1. The van der Waals surface area contributed by atoms with Gasteiger partial charge in [-0.25, -0.2) is 0 Å². The zero-order valence-corrected chi connectivity index (χ0v) is 24.8. The first-order chi connectivity index (χ1) is 20.2. The van der Waals surface area contributed by atoms with Crippen LogP contribution < -0.4 is 16.8 Å². The monoisotopic (exact) mass is 652 g/mol. The van der Waals surface area contributed by atoms with E-state index in [-0.39, 0.29) is 31.5 Å². The minimum Gasteiger partial charge on any atom is -0.469 e. The third-order valence-corrected chi connectivity index (χ3v) is 4.83. The van der Waals surface area contributed by atoms with Crippen LogP contribution in [0, 0.1) is 0 Å². The van der Waals surface area contributed by atoms with E-state index in [0.29, 0.717) is 12.5 Å². The summed E-state index contributed by atoms with van der Waals surface area (Å²) in [5.74, 6) is -4.28. The smallest absolute Gasteiger partial charge is 0.409 e. The lowest BCUT2D eigenvalue weighted by molar-refractivity contribution is -0.152. The van der Waals surface area contributed by atoms with Crippen LogP contribution in [0.3, 0.4) is 0 Å². The zero-order valence-electron chi connectivity index (χ0n) is 24.8. The fraction of sp³-hybridized carbons (Fsp3) is 0.600. The molecule has 2 atom stereocenters. The number of ether oxygens (including phenoxy) is 3. The lowest BCUT2D eigenvalue weighted by atomic mass is 10.1. The van der Waals surface area contributed by atoms with Crippen molar-refractivity contribution in [2.24, 2.45) is 11.5 Å². The van der Waals surface area contributed by atoms with E-state index >= 15 is 0 Å². The molecule has 0 heterocycles. The van der Waals surface area contributed by atoms with E-state index in [2.05, 4.69) is 19.5 Å². The fourth-order valence-electron chi connectivity index (χ4n) is 2.69. The maximum Gasteiger partial charge on any atom is 0.409 e. The number of carbonyl (C=O) groups excluding carboxylic acids is 6. The lowest BCUT2D eigenvalue weighted by Gasteiger charge is -2.27. The van der Waals surface area contributed by atoms with Gasteiger partial charge in [-0.05, 0) is 12.8 Å². The number of nitrogens with two attached hydrogens (primary N) is 2. The summed E-state index contributed by atoms with van der Waals surface area (Å²) >= 11 is 0. The van der Waals surface area contributed by atoms with Crippen molar-refractivity contribution in [2.75, 3.05) is 34.4 Å². The van der Waals surface area contributed by atoms with E-state index in [9.17, 15) is 55.1 Å². The van der Waals surface area contributed by atoms with Crippen molar-refractivity contribution in [2.45, 2.75) is 64.0 Å². The minimum atomic E-state index is -4.54. The summed E-state index contributed by atoms with van der Waals surface area (Å²) in [6, 6.07) is -1.67. The Morgan fingerprint density at radius 3 is 1.50 bits per heavy atom. The first-order valence-corrected chi connectivity index (χ1v) is 12.5. The van der Waals surface area contributed by atoms with Gasteiger partial charge >= 0.3 is 30.3 Å². The van der Waals surface area contributed by atoms with Crippen LogP contribution in [-0.2, 0) is 43.0 Å². The van der Waals surface area contributed by atoms with Gasteiger partial charge in [-0.1, -0.05) is 26.0 Å². The van der Waals surface area contributed by atoms with Crippen LogP contribution in [0.25, 0.3) is 0 Å². The molecule has 0 saturated carbocycles. The van der Waals surface area contributed by atoms with Crippen LogP contribution >= 0.6 is 0 Å². The summed E-state index contributed by atoms with van der Waals surface area (Å²) in [6.45, 7) is 2.75. The fourth-order valence-corrected chi connectivity index (χ4v) is 2.69. The summed E-state index contributed by atoms with van der Waals surface area (Å²) in [5, 5.41) is 2.58. The van der Waals surface area contributed by atoms with Crippen LogP contribution in [0.1, 0.15) is 39.5 Å². The Morgan fingerprint density at radius 1 is 0.727 bits per heavy atom. The predicted molar refractivity (Wildman–Crippen MR) is 142 cm³/mol. The highest BCUT2D eigenvalue weighted by molar-refractivity contribution is 5.96. The van der Waals surface area contributed by atoms with Crippen molar-refractivity contribution in [3.63, 3.8) is 0 Å². The minimum absolute atomic E-state index is 0.0268. The Hall–Kier alpha value is -4.16. The standard InChI is InChI=1S/C12H17F3N2O4.C8H13F3N2O.C5H8O4/c1-3-8(11(16)20)17(6-4-5-12(13,14)15)9(18)7-10(19)21-2;1-2-6(7(12)14)13-5-3-4-8(9,10)11;1-8-4(6)3-5(7)9-2/h4-5,8H,3,6-7H2,1-2H3,(H2,16,20);3-4,6,13H,2,5H2,1H3,(H2,12,14);3H2,1-2H3/t8-;6-;/m00./s1. The number of alkyl halides is 6. The molecule has 0 fully saturated rings. The molecular formula is C25H38F6N4O9. The molecular weight excluding hydrogens is 614 g/mol. The Balaban J connectivity index is -0.000000628. The average molecular weight is 653 g/mol. The second-order valence-corrected chi connectivity index (χ2v) is 8.11. The molecule has 0 bridgehead atoms. The number of hydrogen-bond donors (Lipinski definition) is 3. The molecule has 0 aliphatic heterocycles. The van der Waals surface area contributed by atoms with Crippen molar-refractivity contribution < 1.29 is 69.3 Å². The molecule has 0 aromatic rings. The number of amides is 3. The summed E-state index contributed by atoms with van der Waals surface area (Å²) in [5.41, 5.74) is 10.1. The molecule has 0 rings (SSSR count). The maximum atomic E-state index is 12.1. The summed E-state index contributed by atoms with van der Waals surface area (Å²) in [6.07, 6.45) is -7.62. The number of primary amides is 2. The van der Waals surface area contributed by atoms with E-state index in [0.717, 1.165) is 18.1 Å². The van der Waals surface area contributed by atoms with E-state index in [1.807, 2.05) is 0 Å². The van der Waals surface area contributed by atoms with Crippen LogP contribution in [0.15, 0.2) is 24.3 Å². The van der Waals surface area contributed by atoms with E-state index in [1.54, 1.807) is 13.8 Å². The third-order valence-electron chi connectivity index (χ3n) is 4.83. The quantitative estimate of drug-likeness (QED) is 0.0812. The number of methoxy groups -OCH3 is 3. The molecule has 0 aliphatic rings. The number of hydrogen-bond acceptors (Lipinski definition) is 10. The lowest BCUT2D eigenvalue weighted by Crippen LogP contribution is -2.48. The van der Waals surface area contributed by atoms with Gasteiger partial charge in [-0.2, -0.15) is 26.3 Å². The van der Waals surface area contributed by atoms with E-state index in [4.69, 9.17) is 11.5 Å². The SMILES string of the molecule is CC[C@@H](C(N)=O)N(CC=CC(F)(F)F)C(=O)CC(=O)OC.CC[C@H](NCC=CC(F)(F)F)C(N)=O.COC(=O)CC(=O)OC. The molecule has 0 aromatic carbocycles. The molecule has 0 aliphatic carbocycles. The van der Waals surface area contributed by atoms with Gasteiger partial charge in [0.1, 0.15) is 18.9 Å². The van der Waals surface area contributed by atoms with Crippen molar-refractivity contribution >= 4 is 35.6 Å². The van der Waals surface area contributed by atoms with E-state index < -0.39 is 73.0 Å². The Kier molecular flexibility index (Phi) is 23.5. The van der Waals surface area contributed by atoms with Gasteiger partial charge in [0, 0.05) is 25.2 Å². The van der Waals surface area contributed by atoms with Crippen LogP contribution in [0.5, 0.6) is 0 Å². The van der Waals surface area contributed by atoms with Crippen LogP contribution in [0.4, 0.5) is 26.3 Å². The predicted octanol–water partition coefficient (Wildman–Crippen LogP) is 1.44. The van der Waals surface area contributed by atoms with Crippen molar-refractivity contribution in [1.82, 2.24) is 10.2 Å². The highest BCUT2D eigenvalue weighted by Crippen LogP contribution is 2.17. The number of allylic oxidation sites excluding steroid dienone is 2. The van der Waals surface area contributed by atoms with Crippen LogP contribution in [0.2, 0.25) is 0 Å². The zero-order chi connectivity index (χ0) is 35.1. The Bertz CT molecular complexity index is 972. The summed E-state index contributed by atoms with van der Waals surface area (Å²) in [4.78, 5) is 66.2. The van der Waals surface area contributed by atoms with Crippen molar-refractivity contribution in [1.29, 1.82) is 0 Å². The first-order valence-electron chi connectivity index (χ1n) is 12.5. The second-order valence-electron chi connectivity index (χ2n) is 8.11. The second kappa shape index (κ2) is 23.3. The number of halogens is 6. The number of carbonyl (C=O) groups is 6. The highest BCUT2D eigenvalue weighted by Gasteiger charge is 2.28. The van der Waals surface area contributed by atoms with Gasteiger partial charge < -0.3 is 35.9 Å². The van der Waals surface area contributed by atoms with Crippen LogP contribution in [-0.4, -0.2) is 99.4 Å². The molecule has 13 nitrogen and oxygen atoms in total. The molecule has 5 N–H and O–H groups in total. The molecule has 0 aromatic heterocycles. The van der Waals surface area contributed by atoms with Gasteiger partial charge in [0.05, 0.1) is 27.4 Å². The Morgan fingerprint density at radius 2 is 1.16 bits per heavy atom. The molecule has 254 valence electrons. The molecule has 0 spiro atoms. The maximum absolute atomic E-state index is 12.1. The number of nitrogens with one attached hydrogen (secondary N) is 1. The topological polar surface area (TPSA) is 197 Å². The molecule has 44 heavy (non-hydrogen) atoms. The summed E-state index contributed by atoms with van der Waals surface area (Å²) in [7, 11) is 3.49. The van der Waals surface area contributed by atoms with E-state index in [1.165, 1.54) is 14.2 Å². The van der Waals surface area contributed by atoms with Crippen molar-refractivity contribution in [3.8, 4) is 0 Å². The Labute approximate surface area is 249 Å². The van der Waals surface area contributed by atoms with Gasteiger partial charge in [0.15, 0.2) is 0 Å².